The van der Waals surface area contributed by atoms with Gasteiger partial charge in [0.2, 0.25) is 0 Å². The van der Waals surface area contributed by atoms with E-state index < -0.39 is 35.4 Å². The first-order chi connectivity index (χ1) is 14.1. The largest absolute Gasteiger partial charge is 0.573 e. The molecule has 2 unspecified atom stereocenters. The Balaban J connectivity index is 1.68. The van der Waals surface area contributed by atoms with Gasteiger partial charge >= 0.3 is 12.5 Å². The molecule has 2 aromatic rings. The fourth-order valence-electron chi connectivity index (χ4n) is 3.34. The number of hydrogen-bond donors (Lipinski definition) is 0. The van der Waals surface area contributed by atoms with Gasteiger partial charge in [0, 0.05) is 6.07 Å². The molecule has 0 amide bonds. The van der Waals surface area contributed by atoms with Crippen molar-refractivity contribution in [2.45, 2.75) is 57.3 Å². The zero-order chi connectivity index (χ0) is 21.9. The molecule has 0 aliphatic carbocycles. The highest BCUT2D eigenvalue weighted by molar-refractivity contribution is 5.34. The smallest absolute Gasteiger partial charge is 0.429 e. The molecule has 2 atom stereocenters. The van der Waals surface area contributed by atoms with E-state index in [2.05, 4.69) is 16.4 Å². The molecule has 1 fully saturated rings. The first-order valence-corrected chi connectivity index (χ1v) is 9.45. The molecule has 0 N–H and O–H groups in total. The van der Waals surface area contributed by atoms with Crippen LogP contribution in [0, 0.1) is 5.82 Å². The number of alkyl halides is 5. The standard InChI is InChI=1S/C21H20F6O3/c1-2-3-15-8-10-18(28-15)13-4-6-14(7-5-13)20(23,24)29-16-9-11-19(17(22)12-16)30-21(25,26)27/h4-7,9,11-12,15,18H,2-3,8,10H2,1H3. The Morgan fingerprint density at radius 2 is 1.67 bits per heavy atom. The number of ether oxygens (including phenoxy) is 3. The third kappa shape index (κ3) is 5.59. The first kappa shape index (κ1) is 22.3. The number of benzene rings is 2. The predicted octanol–water partition coefficient (Wildman–Crippen LogP) is 6.87. The fraction of sp³-hybridized carbons (Fsp3) is 0.429. The highest BCUT2D eigenvalue weighted by atomic mass is 19.4. The van der Waals surface area contributed by atoms with E-state index in [4.69, 9.17) is 4.74 Å². The van der Waals surface area contributed by atoms with Crippen molar-refractivity contribution in [3.63, 3.8) is 0 Å². The summed E-state index contributed by atoms with van der Waals surface area (Å²) >= 11 is 0. The number of halogens is 6. The minimum Gasteiger partial charge on any atom is -0.429 e. The van der Waals surface area contributed by atoms with Crippen LogP contribution >= 0.6 is 0 Å². The lowest BCUT2D eigenvalue weighted by molar-refractivity contribution is -0.275. The summed E-state index contributed by atoms with van der Waals surface area (Å²) in [6.07, 6.45) is -5.23. The van der Waals surface area contributed by atoms with Gasteiger partial charge in [0.05, 0.1) is 17.8 Å². The molecule has 1 saturated heterocycles. The maximum Gasteiger partial charge on any atom is 0.573 e. The van der Waals surface area contributed by atoms with Crippen molar-refractivity contribution in [1.82, 2.24) is 0 Å². The molecule has 3 nitrogen and oxygen atoms in total. The van der Waals surface area contributed by atoms with Gasteiger partial charge in [-0.05, 0) is 49.1 Å². The van der Waals surface area contributed by atoms with Crippen molar-refractivity contribution in [2.24, 2.45) is 0 Å². The third-order valence-electron chi connectivity index (χ3n) is 4.71. The Labute approximate surface area is 169 Å². The first-order valence-electron chi connectivity index (χ1n) is 9.45. The number of hydrogen-bond acceptors (Lipinski definition) is 3. The Morgan fingerprint density at radius 1 is 0.967 bits per heavy atom. The molecular formula is C21H20F6O3. The quantitative estimate of drug-likeness (QED) is 0.445. The average molecular weight is 434 g/mol. The molecule has 1 aliphatic heterocycles. The van der Waals surface area contributed by atoms with Crippen molar-refractivity contribution in [2.75, 3.05) is 0 Å². The molecule has 9 heteroatoms. The van der Waals surface area contributed by atoms with E-state index in [0.29, 0.717) is 12.1 Å². The van der Waals surface area contributed by atoms with E-state index >= 15 is 0 Å². The van der Waals surface area contributed by atoms with E-state index in [1.54, 1.807) is 0 Å². The summed E-state index contributed by atoms with van der Waals surface area (Å²) in [5.41, 5.74) is 0.290. The highest BCUT2D eigenvalue weighted by Crippen LogP contribution is 2.37. The minimum absolute atomic E-state index is 0.152. The van der Waals surface area contributed by atoms with Crippen LogP contribution in [0.5, 0.6) is 11.5 Å². The van der Waals surface area contributed by atoms with Gasteiger partial charge in [-0.3, -0.25) is 0 Å². The van der Waals surface area contributed by atoms with E-state index in [1.165, 1.54) is 24.3 Å². The van der Waals surface area contributed by atoms with Crippen molar-refractivity contribution < 1.29 is 40.6 Å². The highest BCUT2D eigenvalue weighted by Gasteiger charge is 2.36. The van der Waals surface area contributed by atoms with E-state index in [0.717, 1.165) is 37.3 Å². The van der Waals surface area contributed by atoms with Crippen LogP contribution in [0.1, 0.15) is 49.8 Å². The summed E-state index contributed by atoms with van der Waals surface area (Å²) in [7, 11) is 0. The van der Waals surface area contributed by atoms with Gasteiger partial charge in [-0.15, -0.1) is 13.2 Å². The van der Waals surface area contributed by atoms with Gasteiger partial charge in [0.1, 0.15) is 5.75 Å². The zero-order valence-electron chi connectivity index (χ0n) is 16.0. The minimum atomic E-state index is -5.10. The van der Waals surface area contributed by atoms with Crippen molar-refractivity contribution >= 4 is 0 Å². The van der Waals surface area contributed by atoms with Gasteiger partial charge in [-0.1, -0.05) is 25.5 Å². The van der Waals surface area contributed by atoms with Gasteiger partial charge in [0.25, 0.3) is 0 Å². The second kappa shape index (κ2) is 8.75. The van der Waals surface area contributed by atoms with Gasteiger partial charge in [0.15, 0.2) is 11.6 Å². The van der Waals surface area contributed by atoms with Crippen molar-refractivity contribution in [3.05, 3.63) is 59.4 Å². The van der Waals surface area contributed by atoms with Crippen LogP contribution in [-0.4, -0.2) is 12.5 Å². The molecule has 2 aromatic carbocycles. The lowest BCUT2D eigenvalue weighted by Gasteiger charge is -2.20. The lowest BCUT2D eigenvalue weighted by atomic mass is 10.0. The Morgan fingerprint density at radius 3 is 2.27 bits per heavy atom. The monoisotopic (exact) mass is 434 g/mol. The topological polar surface area (TPSA) is 27.7 Å². The van der Waals surface area contributed by atoms with Gasteiger partial charge < -0.3 is 14.2 Å². The van der Waals surface area contributed by atoms with E-state index in [1.807, 2.05) is 0 Å². The molecule has 1 aliphatic rings. The maximum atomic E-state index is 14.4. The van der Waals surface area contributed by atoms with E-state index in [9.17, 15) is 26.3 Å². The van der Waals surface area contributed by atoms with Gasteiger partial charge in [-0.2, -0.15) is 8.78 Å². The van der Waals surface area contributed by atoms with Crippen LogP contribution in [0.3, 0.4) is 0 Å². The molecule has 164 valence electrons. The summed E-state index contributed by atoms with van der Waals surface area (Å²) in [6.45, 7) is 2.07. The van der Waals surface area contributed by atoms with Crippen LogP contribution in [0.2, 0.25) is 0 Å². The van der Waals surface area contributed by atoms with Gasteiger partial charge in [-0.25, -0.2) is 4.39 Å². The predicted molar refractivity (Wildman–Crippen MR) is 95.8 cm³/mol. The SMILES string of the molecule is CCCC1CCC(c2ccc(C(F)(F)Oc3ccc(OC(F)(F)F)c(F)c3)cc2)O1. The molecule has 1 heterocycles. The van der Waals surface area contributed by atoms with Crippen LogP contribution in [0.15, 0.2) is 42.5 Å². The van der Waals surface area contributed by atoms with Crippen molar-refractivity contribution in [1.29, 1.82) is 0 Å². The van der Waals surface area contributed by atoms with Crippen LogP contribution < -0.4 is 9.47 Å². The molecule has 0 saturated carbocycles. The molecule has 0 aromatic heterocycles. The normalized spacial score (nSPS) is 19.7. The van der Waals surface area contributed by atoms with Crippen molar-refractivity contribution in [3.8, 4) is 11.5 Å². The summed E-state index contributed by atoms with van der Waals surface area (Å²) in [6, 6.07) is 7.16. The average Bonchev–Trinajstić information content (AvgIpc) is 3.12. The summed E-state index contributed by atoms with van der Waals surface area (Å²) in [4.78, 5) is 0. The molecule has 0 radical (unpaired) electrons. The lowest BCUT2D eigenvalue weighted by Crippen LogP contribution is -2.22. The number of rotatable bonds is 7. The fourth-order valence-corrected chi connectivity index (χ4v) is 3.34. The second-order valence-electron chi connectivity index (χ2n) is 6.99. The molecule has 0 bridgehead atoms. The maximum absolute atomic E-state index is 14.4. The second-order valence-corrected chi connectivity index (χ2v) is 6.99. The molecule has 0 spiro atoms. The molecule has 30 heavy (non-hydrogen) atoms. The summed E-state index contributed by atoms with van der Waals surface area (Å²) in [5.74, 6) is -3.26. The Hall–Kier alpha value is -2.42. The zero-order valence-corrected chi connectivity index (χ0v) is 16.0. The Bertz CT molecular complexity index is 851. The molecular weight excluding hydrogens is 414 g/mol. The summed E-state index contributed by atoms with van der Waals surface area (Å²) in [5, 5.41) is 0. The third-order valence-corrected chi connectivity index (χ3v) is 4.71. The van der Waals surface area contributed by atoms with Crippen LogP contribution in [0.4, 0.5) is 26.3 Å². The van der Waals surface area contributed by atoms with Crippen LogP contribution in [-0.2, 0) is 10.8 Å². The molecule has 3 rings (SSSR count). The summed E-state index contributed by atoms with van der Waals surface area (Å²) < 4.78 is 93.0. The Kier molecular flexibility index (Phi) is 6.50. The van der Waals surface area contributed by atoms with E-state index in [-0.39, 0.29) is 12.2 Å². The van der Waals surface area contributed by atoms with Crippen LogP contribution in [0.25, 0.3) is 0 Å².